The summed E-state index contributed by atoms with van der Waals surface area (Å²) in [5, 5.41) is 39.6. The van der Waals surface area contributed by atoms with Crippen LogP contribution in [0.1, 0.15) is 136 Å². The first-order valence-corrected chi connectivity index (χ1v) is 16.6. The smallest absolute Gasteiger partial charge is 0.306 e. The van der Waals surface area contributed by atoms with E-state index in [0.717, 1.165) is 44.9 Å². The van der Waals surface area contributed by atoms with Crippen LogP contribution in [0.2, 0.25) is 0 Å². The van der Waals surface area contributed by atoms with Crippen LogP contribution in [0.4, 0.5) is 0 Å². The Morgan fingerprint density at radius 1 is 0.643 bits per heavy atom. The SMILES string of the molecule is CCCCCCCCCCCCC(=O)O[C@H](COC(=O)CCCCCCCCC)CO[C@@H]1O[C@H](CO)[C@H](O)[C@H](O)[C@H]1O. The lowest BCUT2D eigenvalue weighted by molar-refractivity contribution is -0.305. The second-order valence-electron chi connectivity index (χ2n) is 11.6. The molecule has 4 N–H and O–H groups in total. The van der Waals surface area contributed by atoms with Gasteiger partial charge in [-0.2, -0.15) is 0 Å². The molecule has 1 heterocycles. The van der Waals surface area contributed by atoms with E-state index in [0.29, 0.717) is 6.42 Å². The van der Waals surface area contributed by atoms with E-state index in [1.54, 1.807) is 0 Å². The normalized spacial score (nSPS) is 23.0. The lowest BCUT2D eigenvalue weighted by Gasteiger charge is -2.39. The number of hydrogen-bond donors (Lipinski definition) is 4. The van der Waals surface area contributed by atoms with Crippen molar-refractivity contribution in [1.82, 2.24) is 0 Å². The van der Waals surface area contributed by atoms with Crippen molar-refractivity contribution in [3.8, 4) is 0 Å². The van der Waals surface area contributed by atoms with Crippen LogP contribution in [0.3, 0.4) is 0 Å². The maximum atomic E-state index is 12.6. The lowest BCUT2D eigenvalue weighted by atomic mass is 9.99. The van der Waals surface area contributed by atoms with Gasteiger partial charge in [-0.25, -0.2) is 0 Å². The largest absolute Gasteiger partial charge is 0.462 e. The zero-order valence-corrected chi connectivity index (χ0v) is 26.3. The number of aliphatic hydroxyl groups is 4. The van der Waals surface area contributed by atoms with Gasteiger partial charge in [0.2, 0.25) is 0 Å². The minimum atomic E-state index is -1.59. The van der Waals surface area contributed by atoms with Gasteiger partial charge in [-0.05, 0) is 12.8 Å². The molecular formula is C32H60O10. The summed E-state index contributed by atoms with van der Waals surface area (Å²) < 4.78 is 21.9. The second kappa shape index (κ2) is 25.1. The van der Waals surface area contributed by atoms with Crippen molar-refractivity contribution in [1.29, 1.82) is 0 Å². The van der Waals surface area contributed by atoms with Crippen molar-refractivity contribution in [2.75, 3.05) is 19.8 Å². The highest BCUT2D eigenvalue weighted by Gasteiger charge is 2.44. The number of carbonyl (C=O) groups excluding carboxylic acids is 2. The van der Waals surface area contributed by atoms with Crippen LogP contribution in [-0.4, -0.2) is 89.0 Å². The van der Waals surface area contributed by atoms with Gasteiger partial charge in [0, 0.05) is 12.8 Å². The van der Waals surface area contributed by atoms with Gasteiger partial charge >= 0.3 is 11.9 Å². The van der Waals surface area contributed by atoms with E-state index in [-0.39, 0.29) is 32.0 Å². The Bertz CT molecular complexity index is 674. The zero-order chi connectivity index (χ0) is 31.0. The molecule has 248 valence electrons. The summed E-state index contributed by atoms with van der Waals surface area (Å²) in [6, 6.07) is 0. The third kappa shape index (κ3) is 17.7. The van der Waals surface area contributed by atoms with E-state index < -0.39 is 49.4 Å². The van der Waals surface area contributed by atoms with Gasteiger partial charge in [0.1, 0.15) is 31.0 Å². The number of esters is 2. The highest BCUT2D eigenvalue weighted by atomic mass is 16.7. The molecule has 0 amide bonds. The molecule has 0 aromatic rings. The molecule has 0 radical (unpaired) electrons. The first-order valence-electron chi connectivity index (χ1n) is 16.6. The van der Waals surface area contributed by atoms with Crippen molar-refractivity contribution in [3.63, 3.8) is 0 Å². The number of rotatable bonds is 26. The van der Waals surface area contributed by atoms with Crippen LogP contribution in [0.25, 0.3) is 0 Å². The minimum Gasteiger partial charge on any atom is -0.462 e. The molecule has 0 aromatic carbocycles. The molecular weight excluding hydrogens is 544 g/mol. The van der Waals surface area contributed by atoms with E-state index in [9.17, 15) is 30.0 Å². The van der Waals surface area contributed by atoms with E-state index in [2.05, 4.69) is 13.8 Å². The zero-order valence-electron chi connectivity index (χ0n) is 26.3. The summed E-state index contributed by atoms with van der Waals surface area (Å²) in [7, 11) is 0. The van der Waals surface area contributed by atoms with Crippen molar-refractivity contribution in [2.24, 2.45) is 0 Å². The molecule has 1 saturated heterocycles. The molecule has 0 spiro atoms. The quantitative estimate of drug-likeness (QED) is 0.0807. The molecule has 42 heavy (non-hydrogen) atoms. The maximum absolute atomic E-state index is 12.6. The third-order valence-corrected chi connectivity index (χ3v) is 7.74. The molecule has 10 nitrogen and oxygen atoms in total. The Morgan fingerprint density at radius 3 is 1.62 bits per heavy atom. The Morgan fingerprint density at radius 2 is 1.12 bits per heavy atom. The number of carbonyl (C=O) groups is 2. The molecule has 0 unspecified atom stereocenters. The predicted octanol–water partition coefficient (Wildman–Crippen LogP) is 4.71. The standard InChI is InChI=1S/C32H60O10/c1-3-5-7-9-11-12-13-15-17-19-21-28(35)41-25(23-39-27(34)20-18-16-14-10-8-6-4-2)24-40-32-31(38)30(37)29(36)26(22-33)42-32/h25-26,29-33,36-38H,3-24H2,1-2H3/t25-,26-,29+,30+,31-,32-/m1/s1. The molecule has 6 atom stereocenters. The first kappa shape index (κ1) is 38.7. The van der Waals surface area contributed by atoms with Crippen molar-refractivity contribution >= 4 is 11.9 Å². The predicted molar refractivity (Wildman–Crippen MR) is 160 cm³/mol. The summed E-state index contributed by atoms with van der Waals surface area (Å²) >= 11 is 0. The molecule has 1 rings (SSSR count). The van der Waals surface area contributed by atoms with Crippen molar-refractivity contribution in [3.05, 3.63) is 0 Å². The van der Waals surface area contributed by atoms with Crippen molar-refractivity contribution in [2.45, 2.75) is 173 Å². The second-order valence-corrected chi connectivity index (χ2v) is 11.6. The molecule has 1 aliphatic heterocycles. The van der Waals surface area contributed by atoms with Gasteiger partial charge in [0.15, 0.2) is 12.4 Å². The molecule has 0 saturated carbocycles. The Balaban J connectivity index is 2.47. The Hall–Kier alpha value is -1.30. The topological polar surface area (TPSA) is 152 Å². The third-order valence-electron chi connectivity index (χ3n) is 7.74. The van der Waals surface area contributed by atoms with Gasteiger partial charge in [0.25, 0.3) is 0 Å². The summed E-state index contributed by atoms with van der Waals surface area (Å²) in [5.74, 6) is -0.813. The highest BCUT2D eigenvalue weighted by molar-refractivity contribution is 5.70. The summed E-state index contributed by atoms with van der Waals surface area (Å²) in [4.78, 5) is 24.9. The van der Waals surface area contributed by atoms with E-state index in [1.165, 1.54) is 57.8 Å². The maximum Gasteiger partial charge on any atom is 0.306 e. The fourth-order valence-electron chi connectivity index (χ4n) is 5.01. The van der Waals surface area contributed by atoms with E-state index in [1.807, 2.05) is 0 Å². The number of ether oxygens (including phenoxy) is 4. The van der Waals surface area contributed by atoms with Gasteiger partial charge in [-0.15, -0.1) is 0 Å². The molecule has 0 aliphatic carbocycles. The first-order chi connectivity index (χ1) is 20.3. The Labute approximate surface area is 253 Å². The van der Waals surface area contributed by atoms with Gasteiger partial charge in [0.05, 0.1) is 13.2 Å². The lowest BCUT2D eigenvalue weighted by Crippen LogP contribution is -2.59. The van der Waals surface area contributed by atoms with Crippen LogP contribution in [-0.2, 0) is 28.5 Å². The molecule has 10 heteroatoms. The van der Waals surface area contributed by atoms with Gasteiger partial charge in [-0.3, -0.25) is 9.59 Å². The molecule has 0 aromatic heterocycles. The molecule has 0 bridgehead atoms. The average molecular weight is 605 g/mol. The van der Waals surface area contributed by atoms with Gasteiger partial charge < -0.3 is 39.4 Å². The van der Waals surface area contributed by atoms with E-state index >= 15 is 0 Å². The monoisotopic (exact) mass is 604 g/mol. The average Bonchev–Trinajstić information content (AvgIpc) is 2.98. The number of unbranched alkanes of at least 4 members (excludes halogenated alkanes) is 15. The fourth-order valence-corrected chi connectivity index (χ4v) is 5.01. The van der Waals surface area contributed by atoms with Crippen LogP contribution >= 0.6 is 0 Å². The van der Waals surface area contributed by atoms with E-state index in [4.69, 9.17) is 18.9 Å². The van der Waals surface area contributed by atoms with Crippen LogP contribution in [0.5, 0.6) is 0 Å². The summed E-state index contributed by atoms with van der Waals surface area (Å²) in [6.45, 7) is 3.32. The highest BCUT2D eigenvalue weighted by Crippen LogP contribution is 2.22. The number of aliphatic hydroxyl groups excluding tert-OH is 4. The molecule has 1 aliphatic rings. The van der Waals surface area contributed by atoms with Crippen LogP contribution in [0.15, 0.2) is 0 Å². The Kier molecular flexibility index (Phi) is 23.1. The van der Waals surface area contributed by atoms with Gasteiger partial charge in [-0.1, -0.05) is 110 Å². The molecule has 1 fully saturated rings. The minimum absolute atomic E-state index is 0.212. The number of hydrogen-bond acceptors (Lipinski definition) is 10. The van der Waals surface area contributed by atoms with Crippen LogP contribution < -0.4 is 0 Å². The van der Waals surface area contributed by atoms with Crippen molar-refractivity contribution < 1.29 is 49.0 Å². The fraction of sp³-hybridized carbons (Fsp3) is 0.938. The van der Waals surface area contributed by atoms with Crippen LogP contribution in [0, 0.1) is 0 Å². The summed E-state index contributed by atoms with van der Waals surface area (Å²) in [5.41, 5.74) is 0. The summed E-state index contributed by atoms with van der Waals surface area (Å²) in [6.07, 6.45) is 11.5.